The van der Waals surface area contributed by atoms with Gasteiger partial charge in [-0.1, -0.05) is 29.8 Å². The zero-order chi connectivity index (χ0) is 13.5. The Morgan fingerprint density at radius 2 is 2.06 bits per heavy atom. The van der Waals surface area contributed by atoms with Gasteiger partial charge in [0, 0.05) is 17.9 Å². The van der Waals surface area contributed by atoms with E-state index in [1.807, 2.05) is 4.68 Å². The van der Waals surface area contributed by atoms with Crippen LogP contribution in [0.25, 0.3) is 0 Å². The van der Waals surface area contributed by atoms with Crippen LogP contribution < -0.4 is 0 Å². The number of aromatic nitrogens is 3. The molecule has 0 unspecified atom stereocenters. The minimum absolute atomic E-state index is 0.535. The molecule has 0 saturated carbocycles. The van der Waals surface area contributed by atoms with Gasteiger partial charge in [0.05, 0.1) is 6.54 Å². The molecule has 0 aromatic carbocycles. The van der Waals surface area contributed by atoms with Crippen molar-refractivity contribution in [2.75, 3.05) is 11.9 Å². The lowest BCUT2D eigenvalue weighted by Crippen LogP contribution is -2.33. The van der Waals surface area contributed by atoms with Crippen LogP contribution in [0.4, 0.5) is 0 Å². The molecule has 0 N–H and O–H groups in total. The predicted molar refractivity (Wildman–Crippen MR) is 78.8 cm³/mol. The van der Waals surface area contributed by atoms with Gasteiger partial charge in [-0.15, -0.1) is 0 Å². The molecule has 0 fully saturated rings. The minimum atomic E-state index is 0.535. The minimum Gasteiger partial charge on any atom is -0.293 e. The van der Waals surface area contributed by atoms with Crippen LogP contribution in [0, 0.1) is 5.92 Å². The van der Waals surface area contributed by atoms with Crippen LogP contribution in [-0.4, -0.2) is 37.6 Å². The number of hydrogen-bond donors (Lipinski definition) is 0. The van der Waals surface area contributed by atoms with Gasteiger partial charge in [-0.2, -0.15) is 5.10 Å². The first-order chi connectivity index (χ1) is 8.54. The highest BCUT2D eigenvalue weighted by molar-refractivity contribution is 9.09. The van der Waals surface area contributed by atoms with E-state index >= 15 is 0 Å². The smallest absolute Gasteiger partial charge is 0.141 e. The van der Waals surface area contributed by atoms with E-state index in [4.69, 9.17) is 0 Å². The highest BCUT2D eigenvalue weighted by Gasteiger charge is 2.14. The molecule has 1 heterocycles. The molecule has 0 spiro atoms. The molecule has 1 rings (SSSR count). The van der Waals surface area contributed by atoms with Crippen molar-refractivity contribution < 1.29 is 0 Å². The number of halogens is 1. The third-order valence-corrected chi connectivity index (χ3v) is 3.45. The van der Waals surface area contributed by atoms with Crippen LogP contribution in [0.2, 0.25) is 0 Å². The Kier molecular flexibility index (Phi) is 6.86. The molecule has 0 aliphatic rings. The Balaban J connectivity index is 2.65. The summed E-state index contributed by atoms with van der Waals surface area (Å²) in [6.07, 6.45) is 2.83. The van der Waals surface area contributed by atoms with Crippen LogP contribution in [0.3, 0.4) is 0 Å². The molecule has 0 aliphatic heterocycles. The van der Waals surface area contributed by atoms with E-state index in [9.17, 15) is 0 Å². The molecule has 0 aliphatic carbocycles. The van der Waals surface area contributed by atoms with Crippen LogP contribution in [-0.2, 0) is 13.1 Å². The number of hydrogen-bond acceptors (Lipinski definition) is 3. The molecule has 0 amide bonds. The summed E-state index contributed by atoms with van der Waals surface area (Å²) in [5.74, 6) is 1.67. The lowest BCUT2D eigenvalue weighted by Gasteiger charge is -2.25. The van der Waals surface area contributed by atoms with Gasteiger partial charge in [-0.3, -0.25) is 4.90 Å². The molecule has 4 nitrogen and oxygen atoms in total. The van der Waals surface area contributed by atoms with Gasteiger partial charge in [0.15, 0.2) is 0 Å². The second-order valence-corrected chi connectivity index (χ2v) is 6.15. The van der Waals surface area contributed by atoms with Gasteiger partial charge in [-0.25, -0.2) is 9.67 Å². The summed E-state index contributed by atoms with van der Waals surface area (Å²) < 4.78 is 2.04. The quantitative estimate of drug-likeness (QED) is 0.691. The standard InChI is InChI=1S/C13H25BrN4/c1-11(2)8-18-13(15-10-16-18)9-17(12(3)4)7-5-6-14/h10-12H,5-9H2,1-4H3. The molecule has 0 atom stereocenters. The molecule has 5 heteroatoms. The van der Waals surface area contributed by atoms with Crippen molar-refractivity contribution >= 4 is 15.9 Å². The first-order valence-corrected chi connectivity index (χ1v) is 7.83. The normalized spacial score (nSPS) is 12.0. The van der Waals surface area contributed by atoms with E-state index in [1.165, 1.54) is 0 Å². The summed E-state index contributed by atoms with van der Waals surface area (Å²) in [7, 11) is 0. The van der Waals surface area contributed by atoms with E-state index in [0.717, 1.165) is 37.2 Å². The number of nitrogens with zero attached hydrogens (tertiary/aromatic N) is 4. The SMILES string of the molecule is CC(C)Cn1ncnc1CN(CCCBr)C(C)C. The van der Waals surface area contributed by atoms with Crippen molar-refractivity contribution in [3.63, 3.8) is 0 Å². The van der Waals surface area contributed by atoms with Crippen LogP contribution in [0.5, 0.6) is 0 Å². The van der Waals surface area contributed by atoms with Crippen LogP contribution in [0.1, 0.15) is 39.9 Å². The molecule has 0 bridgehead atoms. The molecule has 104 valence electrons. The summed E-state index contributed by atoms with van der Waals surface area (Å²) in [5, 5.41) is 5.37. The molecular formula is C13H25BrN4. The van der Waals surface area contributed by atoms with Gasteiger partial charge >= 0.3 is 0 Å². The van der Waals surface area contributed by atoms with Gasteiger partial charge < -0.3 is 0 Å². The van der Waals surface area contributed by atoms with E-state index in [2.05, 4.69) is 58.6 Å². The summed E-state index contributed by atoms with van der Waals surface area (Å²) >= 11 is 3.49. The van der Waals surface area contributed by atoms with E-state index in [-0.39, 0.29) is 0 Å². The van der Waals surface area contributed by atoms with E-state index in [0.29, 0.717) is 12.0 Å². The third-order valence-electron chi connectivity index (χ3n) is 2.89. The van der Waals surface area contributed by atoms with Crippen molar-refractivity contribution in [1.29, 1.82) is 0 Å². The highest BCUT2D eigenvalue weighted by Crippen LogP contribution is 2.09. The van der Waals surface area contributed by atoms with Gasteiger partial charge in [-0.05, 0) is 32.7 Å². The first kappa shape index (κ1) is 15.6. The Morgan fingerprint density at radius 1 is 1.33 bits per heavy atom. The van der Waals surface area contributed by atoms with E-state index < -0.39 is 0 Å². The maximum atomic E-state index is 4.40. The second-order valence-electron chi connectivity index (χ2n) is 5.36. The van der Waals surface area contributed by atoms with Gasteiger partial charge in [0.1, 0.15) is 12.2 Å². The first-order valence-electron chi connectivity index (χ1n) is 6.71. The largest absolute Gasteiger partial charge is 0.293 e. The van der Waals surface area contributed by atoms with Gasteiger partial charge in [0.2, 0.25) is 0 Å². The Bertz CT molecular complexity index is 335. The van der Waals surface area contributed by atoms with Crippen LogP contribution >= 0.6 is 15.9 Å². The lowest BCUT2D eigenvalue weighted by atomic mass is 10.2. The van der Waals surface area contributed by atoms with Crippen molar-refractivity contribution in [1.82, 2.24) is 19.7 Å². The summed E-state index contributed by atoms with van der Waals surface area (Å²) in [5.41, 5.74) is 0. The zero-order valence-electron chi connectivity index (χ0n) is 11.9. The zero-order valence-corrected chi connectivity index (χ0v) is 13.5. The number of rotatable bonds is 8. The topological polar surface area (TPSA) is 34.0 Å². The van der Waals surface area contributed by atoms with Crippen LogP contribution in [0.15, 0.2) is 6.33 Å². The fourth-order valence-electron chi connectivity index (χ4n) is 1.87. The number of alkyl halides is 1. The van der Waals surface area contributed by atoms with Gasteiger partial charge in [0.25, 0.3) is 0 Å². The Labute approximate surface area is 119 Å². The van der Waals surface area contributed by atoms with Crippen molar-refractivity contribution in [3.05, 3.63) is 12.2 Å². The third kappa shape index (κ3) is 5.06. The highest BCUT2D eigenvalue weighted by atomic mass is 79.9. The monoisotopic (exact) mass is 316 g/mol. The molecular weight excluding hydrogens is 292 g/mol. The fraction of sp³-hybridized carbons (Fsp3) is 0.846. The molecule has 18 heavy (non-hydrogen) atoms. The van der Waals surface area contributed by atoms with Crippen molar-refractivity contribution in [2.45, 2.75) is 53.2 Å². The van der Waals surface area contributed by atoms with Crippen molar-refractivity contribution in [3.8, 4) is 0 Å². The second kappa shape index (κ2) is 7.89. The summed E-state index contributed by atoms with van der Waals surface area (Å²) in [6.45, 7) is 11.8. The predicted octanol–water partition coefficient (Wildman–Crippen LogP) is 2.93. The molecule has 1 aromatic heterocycles. The average Bonchev–Trinajstić information content (AvgIpc) is 2.70. The molecule has 0 saturated heterocycles. The van der Waals surface area contributed by atoms with Crippen molar-refractivity contribution in [2.24, 2.45) is 5.92 Å². The Hall–Kier alpha value is -0.420. The lowest BCUT2D eigenvalue weighted by molar-refractivity contribution is 0.203. The Morgan fingerprint density at radius 3 is 2.61 bits per heavy atom. The fourth-order valence-corrected chi connectivity index (χ4v) is 2.12. The summed E-state index contributed by atoms with van der Waals surface area (Å²) in [6, 6.07) is 0.535. The molecule has 1 aromatic rings. The van der Waals surface area contributed by atoms with E-state index in [1.54, 1.807) is 6.33 Å². The average molecular weight is 317 g/mol. The molecule has 0 radical (unpaired) electrons. The maximum absolute atomic E-state index is 4.40. The summed E-state index contributed by atoms with van der Waals surface area (Å²) in [4.78, 5) is 6.84. The maximum Gasteiger partial charge on any atom is 0.141 e.